The van der Waals surface area contributed by atoms with Gasteiger partial charge in [-0.25, -0.2) is 0 Å². The van der Waals surface area contributed by atoms with Crippen LogP contribution in [0.3, 0.4) is 0 Å². The molecule has 0 nitrogen and oxygen atoms in total. The second-order valence-electron chi connectivity index (χ2n) is 9.38. The van der Waals surface area contributed by atoms with Crippen molar-refractivity contribution in [3.63, 3.8) is 0 Å². The molecule has 4 aromatic rings. The van der Waals surface area contributed by atoms with Gasteiger partial charge in [0.2, 0.25) is 0 Å². The Morgan fingerprint density at radius 1 is 0.432 bits per heavy atom. The predicted octanol–water partition coefficient (Wildman–Crippen LogP) is 10.5. The van der Waals surface area contributed by atoms with Crippen LogP contribution in [-0.2, 0) is 0 Å². The van der Waals surface area contributed by atoms with Gasteiger partial charge in [-0.2, -0.15) is 0 Å². The topological polar surface area (TPSA) is 0 Å². The average molecular weight is 481 g/mol. The van der Waals surface area contributed by atoms with Crippen molar-refractivity contribution in [3.8, 4) is 0 Å². The zero-order valence-electron chi connectivity index (χ0n) is 21.7. The molecule has 0 aliphatic carbocycles. The molecule has 0 heteroatoms. The van der Waals surface area contributed by atoms with E-state index >= 15 is 0 Å². The molecule has 37 heavy (non-hydrogen) atoms. The van der Waals surface area contributed by atoms with Gasteiger partial charge in [0.05, 0.1) is 0 Å². The van der Waals surface area contributed by atoms with Crippen LogP contribution < -0.4 is 0 Å². The minimum atomic E-state index is 1.07. The smallest absolute Gasteiger partial charge is 0.0183 e. The van der Waals surface area contributed by atoms with Crippen LogP contribution in [0.15, 0.2) is 135 Å². The van der Waals surface area contributed by atoms with Crippen molar-refractivity contribution in [1.29, 1.82) is 0 Å². The fourth-order valence-electron chi connectivity index (χ4n) is 4.34. The summed E-state index contributed by atoms with van der Waals surface area (Å²) in [7, 11) is 0. The molecule has 184 valence electrons. The maximum absolute atomic E-state index is 4.25. The Morgan fingerprint density at radius 2 is 0.784 bits per heavy atom. The first kappa shape index (κ1) is 25.9. The number of allylic oxidation sites excluding steroid dienone is 2. The van der Waals surface area contributed by atoms with E-state index in [0.29, 0.717) is 0 Å². The highest BCUT2D eigenvalue weighted by atomic mass is 14.1. The van der Waals surface area contributed by atoms with Crippen LogP contribution in [-0.4, -0.2) is 0 Å². The minimum Gasteiger partial charge on any atom is -0.0906 e. The van der Waals surface area contributed by atoms with E-state index < -0.39 is 0 Å². The molecule has 0 spiro atoms. The zero-order valence-corrected chi connectivity index (χ0v) is 21.7. The van der Waals surface area contributed by atoms with Gasteiger partial charge in [-0.05, 0) is 70.2 Å². The number of unbranched alkanes of at least 4 members (excludes halogenated alkanes) is 4. The van der Waals surface area contributed by atoms with Crippen molar-refractivity contribution in [2.75, 3.05) is 0 Å². The Labute approximate surface area is 223 Å². The molecule has 4 aromatic carbocycles. The summed E-state index contributed by atoms with van der Waals surface area (Å²) in [4.78, 5) is 0. The fraction of sp³-hybridized carbons (Fsp3) is 0.135. The lowest BCUT2D eigenvalue weighted by molar-refractivity contribution is 0.697. The van der Waals surface area contributed by atoms with Gasteiger partial charge in [-0.1, -0.05) is 153 Å². The highest BCUT2D eigenvalue weighted by molar-refractivity contribution is 5.79. The van der Waals surface area contributed by atoms with E-state index in [0.717, 1.165) is 24.0 Å². The lowest BCUT2D eigenvalue weighted by Crippen LogP contribution is -1.86. The summed E-state index contributed by atoms with van der Waals surface area (Å²) in [6, 6.07) is 38.0. The van der Waals surface area contributed by atoms with E-state index in [9.17, 15) is 0 Å². The van der Waals surface area contributed by atoms with Crippen LogP contribution in [0.1, 0.15) is 65.5 Å². The van der Waals surface area contributed by atoms with E-state index in [4.69, 9.17) is 0 Å². The predicted molar refractivity (Wildman–Crippen MR) is 163 cm³/mol. The monoisotopic (exact) mass is 480 g/mol. The van der Waals surface area contributed by atoms with Gasteiger partial charge in [0, 0.05) is 0 Å². The number of hydrogen-bond acceptors (Lipinski definition) is 0. The van der Waals surface area contributed by atoms with Gasteiger partial charge in [0.1, 0.15) is 0 Å². The highest BCUT2D eigenvalue weighted by Crippen LogP contribution is 2.23. The van der Waals surface area contributed by atoms with E-state index in [1.54, 1.807) is 0 Å². The SMILES string of the molecule is C=C(c1ccccc1)c1ccc(/C=C/CCCCC/C=C/c2ccc(C(=C)c3ccccc3)cc2)cc1. The highest BCUT2D eigenvalue weighted by Gasteiger charge is 2.02. The molecular formula is C37H36. The number of rotatable bonds is 12. The number of benzene rings is 4. The van der Waals surface area contributed by atoms with Gasteiger partial charge in [-0.3, -0.25) is 0 Å². The van der Waals surface area contributed by atoms with E-state index in [-0.39, 0.29) is 0 Å². The molecule has 0 aliphatic rings. The first-order valence-corrected chi connectivity index (χ1v) is 13.2. The normalized spacial score (nSPS) is 11.2. The first-order valence-electron chi connectivity index (χ1n) is 13.2. The maximum Gasteiger partial charge on any atom is -0.0183 e. The van der Waals surface area contributed by atoms with Gasteiger partial charge >= 0.3 is 0 Å². The van der Waals surface area contributed by atoms with Crippen molar-refractivity contribution < 1.29 is 0 Å². The number of hydrogen-bond donors (Lipinski definition) is 0. The van der Waals surface area contributed by atoms with Crippen LogP contribution in [0.5, 0.6) is 0 Å². The van der Waals surface area contributed by atoms with Crippen molar-refractivity contribution in [2.24, 2.45) is 0 Å². The molecule has 0 aliphatic heterocycles. The molecule has 0 amide bonds. The fourth-order valence-corrected chi connectivity index (χ4v) is 4.34. The third-order valence-electron chi connectivity index (χ3n) is 6.62. The molecule has 4 rings (SSSR count). The summed E-state index contributed by atoms with van der Waals surface area (Å²) in [5.41, 5.74) is 9.30. The summed E-state index contributed by atoms with van der Waals surface area (Å²) in [6.07, 6.45) is 15.0. The van der Waals surface area contributed by atoms with Crippen molar-refractivity contribution >= 4 is 23.3 Å². The van der Waals surface area contributed by atoms with Crippen molar-refractivity contribution in [1.82, 2.24) is 0 Å². The molecule has 0 unspecified atom stereocenters. The lowest BCUT2D eigenvalue weighted by atomic mass is 9.98. The molecule has 0 heterocycles. The van der Waals surface area contributed by atoms with Crippen LogP contribution in [0.2, 0.25) is 0 Å². The Bertz CT molecular complexity index is 1210. The maximum atomic E-state index is 4.25. The second-order valence-corrected chi connectivity index (χ2v) is 9.38. The second kappa shape index (κ2) is 13.8. The third kappa shape index (κ3) is 7.92. The Balaban J connectivity index is 1.12. The molecule has 0 bridgehead atoms. The van der Waals surface area contributed by atoms with Gasteiger partial charge in [0.25, 0.3) is 0 Å². The minimum absolute atomic E-state index is 1.07. The Kier molecular flexibility index (Phi) is 9.67. The van der Waals surface area contributed by atoms with E-state index in [1.807, 2.05) is 12.1 Å². The van der Waals surface area contributed by atoms with E-state index in [2.05, 4.69) is 135 Å². The molecular weight excluding hydrogens is 444 g/mol. The molecule has 0 saturated heterocycles. The summed E-state index contributed by atoms with van der Waals surface area (Å²) < 4.78 is 0. The molecule has 0 aromatic heterocycles. The molecule has 0 fully saturated rings. The van der Waals surface area contributed by atoms with Gasteiger partial charge in [-0.15, -0.1) is 0 Å². The average Bonchev–Trinajstić information content (AvgIpc) is 2.97. The molecule has 0 radical (unpaired) electrons. The summed E-state index contributed by atoms with van der Waals surface area (Å²) >= 11 is 0. The van der Waals surface area contributed by atoms with Crippen LogP contribution in [0, 0.1) is 0 Å². The van der Waals surface area contributed by atoms with Crippen molar-refractivity contribution in [3.05, 3.63) is 168 Å². The molecule has 0 atom stereocenters. The van der Waals surface area contributed by atoms with Gasteiger partial charge in [0.15, 0.2) is 0 Å². The largest absolute Gasteiger partial charge is 0.0906 e. The Hall–Kier alpha value is -4.16. The third-order valence-corrected chi connectivity index (χ3v) is 6.62. The van der Waals surface area contributed by atoms with E-state index in [1.165, 1.54) is 52.6 Å². The molecule has 0 saturated carbocycles. The summed E-state index contributed by atoms with van der Waals surface area (Å²) in [5.74, 6) is 0. The van der Waals surface area contributed by atoms with Crippen molar-refractivity contribution in [2.45, 2.75) is 32.1 Å². The summed E-state index contributed by atoms with van der Waals surface area (Å²) in [6.45, 7) is 8.51. The van der Waals surface area contributed by atoms with Crippen LogP contribution in [0.25, 0.3) is 23.3 Å². The summed E-state index contributed by atoms with van der Waals surface area (Å²) in [5, 5.41) is 0. The quantitative estimate of drug-likeness (QED) is 0.177. The lowest BCUT2D eigenvalue weighted by Gasteiger charge is -2.06. The van der Waals surface area contributed by atoms with Crippen LogP contribution >= 0.6 is 0 Å². The van der Waals surface area contributed by atoms with Crippen LogP contribution in [0.4, 0.5) is 0 Å². The standard InChI is InChI=1S/C37H36/c1-30(34-18-12-8-13-19-34)36-26-22-32(23-27-36)16-10-6-4-3-5-7-11-17-33-24-28-37(29-25-33)31(2)35-20-14-9-15-21-35/h8-29H,1-7H2/b16-10+,17-11+. The Morgan fingerprint density at radius 3 is 1.16 bits per heavy atom. The van der Waals surface area contributed by atoms with Gasteiger partial charge < -0.3 is 0 Å². The molecule has 0 N–H and O–H groups in total. The zero-order chi connectivity index (χ0) is 25.7. The first-order chi connectivity index (χ1) is 18.2.